The summed E-state index contributed by atoms with van der Waals surface area (Å²) in [7, 11) is 1.69. The molecule has 120 valence electrons. The minimum Gasteiger partial charge on any atom is -0.452 e. The lowest BCUT2D eigenvalue weighted by atomic mass is 10.1. The molecule has 0 saturated heterocycles. The number of hydrogen-bond donors (Lipinski definition) is 1. The molecule has 2 aromatic rings. The van der Waals surface area contributed by atoms with Gasteiger partial charge in [-0.25, -0.2) is 4.79 Å². The molecule has 0 atom stereocenters. The first kappa shape index (κ1) is 16.5. The zero-order chi connectivity index (χ0) is 17.0. The second-order valence-corrected chi connectivity index (χ2v) is 5.33. The van der Waals surface area contributed by atoms with Gasteiger partial charge in [-0.05, 0) is 38.1 Å². The van der Waals surface area contributed by atoms with E-state index in [-0.39, 0.29) is 0 Å². The fraction of sp³-hybridized carbons (Fsp3) is 0.235. The van der Waals surface area contributed by atoms with Crippen molar-refractivity contribution in [2.45, 2.75) is 13.8 Å². The summed E-state index contributed by atoms with van der Waals surface area (Å²) in [4.78, 5) is 35.5. The number of carbonyl (C=O) groups excluding carboxylic acids is 3. The summed E-state index contributed by atoms with van der Waals surface area (Å²) in [6, 6.07) is 8.58. The molecule has 1 aromatic heterocycles. The van der Waals surface area contributed by atoms with Crippen LogP contribution in [0.4, 0.5) is 0 Å². The third kappa shape index (κ3) is 4.29. The average molecular weight is 314 g/mol. The highest BCUT2D eigenvalue weighted by Gasteiger charge is 2.15. The molecule has 0 spiro atoms. The molecule has 1 aromatic carbocycles. The Labute approximate surface area is 134 Å². The van der Waals surface area contributed by atoms with Gasteiger partial charge < -0.3 is 9.30 Å². The van der Waals surface area contributed by atoms with Gasteiger partial charge in [-0.1, -0.05) is 17.2 Å². The van der Waals surface area contributed by atoms with Gasteiger partial charge in [-0.15, -0.1) is 0 Å². The van der Waals surface area contributed by atoms with Crippen LogP contribution >= 0.6 is 0 Å². The van der Waals surface area contributed by atoms with Crippen molar-refractivity contribution in [1.29, 1.82) is 0 Å². The van der Waals surface area contributed by atoms with Gasteiger partial charge in [0.05, 0.1) is 5.56 Å². The molecule has 0 radical (unpaired) electrons. The Morgan fingerprint density at radius 1 is 1.13 bits per heavy atom. The molecule has 2 rings (SSSR count). The number of aryl methyl sites for hydroxylation is 3. The third-order valence-electron chi connectivity index (χ3n) is 3.22. The van der Waals surface area contributed by atoms with Crippen LogP contribution in [0.2, 0.25) is 0 Å². The lowest BCUT2D eigenvalue weighted by Gasteiger charge is -2.07. The molecule has 0 saturated carbocycles. The lowest BCUT2D eigenvalue weighted by molar-refractivity contribution is -0.123. The van der Waals surface area contributed by atoms with E-state index in [0.29, 0.717) is 11.3 Å². The van der Waals surface area contributed by atoms with Crippen molar-refractivity contribution >= 4 is 17.8 Å². The second kappa shape index (κ2) is 6.91. The number of esters is 1. The highest BCUT2D eigenvalue weighted by atomic mass is 16.5. The minimum absolute atomic E-state index is 0.346. The van der Waals surface area contributed by atoms with Crippen LogP contribution in [0.5, 0.6) is 0 Å². The summed E-state index contributed by atoms with van der Waals surface area (Å²) in [5.74, 6) is -1.81. The summed E-state index contributed by atoms with van der Waals surface area (Å²) >= 11 is 0. The molecule has 0 aliphatic heterocycles. The molecule has 2 amide bonds. The van der Waals surface area contributed by atoms with Crippen molar-refractivity contribution in [3.8, 4) is 0 Å². The zero-order valence-corrected chi connectivity index (χ0v) is 13.3. The van der Waals surface area contributed by atoms with Gasteiger partial charge in [0.1, 0.15) is 5.69 Å². The van der Waals surface area contributed by atoms with E-state index in [4.69, 9.17) is 4.74 Å². The molecule has 1 heterocycles. The molecule has 0 fully saturated rings. The van der Waals surface area contributed by atoms with Crippen LogP contribution in [0.1, 0.15) is 32.0 Å². The number of ether oxygens (including phenoxy) is 1. The van der Waals surface area contributed by atoms with Crippen LogP contribution in [0.25, 0.3) is 0 Å². The van der Waals surface area contributed by atoms with E-state index >= 15 is 0 Å². The number of imide groups is 1. The van der Waals surface area contributed by atoms with Crippen molar-refractivity contribution in [2.75, 3.05) is 6.61 Å². The first-order valence-electron chi connectivity index (χ1n) is 7.08. The second-order valence-electron chi connectivity index (χ2n) is 5.33. The standard InChI is InChI=1S/C17H18N2O4/c1-11-7-12(2)9-13(8-11)17(22)23-10-15(20)18-16(21)14-5-4-6-19(14)3/h4-9H,10H2,1-3H3,(H,18,20,21). The smallest absolute Gasteiger partial charge is 0.338 e. The van der Waals surface area contributed by atoms with Crippen molar-refractivity contribution in [2.24, 2.45) is 7.05 Å². The molecule has 1 N–H and O–H groups in total. The molecule has 6 heteroatoms. The Morgan fingerprint density at radius 3 is 2.35 bits per heavy atom. The molecule has 0 unspecified atom stereocenters. The normalized spacial score (nSPS) is 10.2. The first-order chi connectivity index (χ1) is 10.9. The Balaban J connectivity index is 1.90. The zero-order valence-electron chi connectivity index (χ0n) is 13.3. The molecule has 0 bridgehead atoms. The summed E-state index contributed by atoms with van der Waals surface area (Å²) in [5.41, 5.74) is 2.59. The third-order valence-corrected chi connectivity index (χ3v) is 3.22. The van der Waals surface area contributed by atoms with Gasteiger partial charge in [0, 0.05) is 13.2 Å². The number of amides is 2. The average Bonchev–Trinajstić information content (AvgIpc) is 2.90. The predicted octanol–water partition coefficient (Wildman–Crippen LogP) is 1.76. The topological polar surface area (TPSA) is 77.4 Å². The van der Waals surface area contributed by atoms with E-state index in [1.807, 2.05) is 19.9 Å². The quantitative estimate of drug-likeness (QED) is 0.872. The van der Waals surface area contributed by atoms with Crippen LogP contribution in [0, 0.1) is 13.8 Å². The van der Waals surface area contributed by atoms with Crippen molar-refractivity contribution in [1.82, 2.24) is 9.88 Å². The molecular formula is C17H18N2O4. The van der Waals surface area contributed by atoms with Crippen molar-refractivity contribution in [3.63, 3.8) is 0 Å². The summed E-state index contributed by atoms with van der Waals surface area (Å²) in [6.07, 6.45) is 1.69. The maximum absolute atomic E-state index is 11.9. The fourth-order valence-electron chi connectivity index (χ4n) is 2.23. The molecule has 23 heavy (non-hydrogen) atoms. The number of nitrogens with one attached hydrogen (secondary N) is 1. The van der Waals surface area contributed by atoms with Crippen LogP contribution < -0.4 is 5.32 Å². The Kier molecular flexibility index (Phi) is 4.95. The fourth-order valence-corrected chi connectivity index (χ4v) is 2.23. The number of carbonyl (C=O) groups is 3. The van der Waals surface area contributed by atoms with E-state index < -0.39 is 24.4 Å². The van der Waals surface area contributed by atoms with Crippen molar-refractivity contribution in [3.05, 3.63) is 58.9 Å². The maximum atomic E-state index is 11.9. The van der Waals surface area contributed by atoms with Gasteiger partial charge in [0.25, 0.3) is 11.8 Å². The maximum Gasteiger partial charge on any atom is 0.338 e. The highest BCUT2D eigenvalue weighted by molar-refractivity contribution is 6.04. The van der Waals surface area contributed by atoms with Crippen LogP contribution in [-0.4, -0.2) is 29.0 Å². The molecule has 6 nitrogen and oxygen atoms in total. The monoisotopic (exact) mass is 314 g/mol. The molecule has 0 aliphatic rings. The summed E-state index contributed by atoms with van der Waals surface area (Å²) in [5, 5.41) is 2.18. The molecular weight excluding hydrogens is 296 g/mol. The molecule has 0 aliphatic carbocycles. The Morgan fingerprint density at radius 2 is 1.78 bits per heavy atom. The van der Waals surface area contributed by atoms with E-state index in [9.17, 15) is 14.4 Å². The number of benzene rings is 1. The van der Waals surface area contributed by atoms with Crippen molar-refractivity contribution < 1.29 is 19.1 Å². The lowest BCUT2D eigenvalue weighted by Crippen LogP contribution is -2.35. The van der Waals surface area contributed by atoms with Gasteiger partial charge in [0.15, 0.2) is 6.61 Å². The number of rotatable bonds is 4. The number of hydrogen-bond acceptors (Lipinski definition) is 4. The van der Waals surface area contributed by atoms with Crippen LogP contribution in [-0.2, 0) is 16.6 Å². The van der Waals surface area contributed by atoms with Gasteiger partial charge >= 0.3 is 5.97 Å². The number of aromatic nitrogens is 1. The summed E-state index contributed by atoms with van der Waals surface area (Å²) in [6.45, 7) is 3.23. The van der Waals surface area contributed by atoms with E-state index in [1.54, 1.807) is 42.1 Å². The number of nitrogens with zero attached hydrogens (tertiary/aromatic N) is 1. The Bertz CT molecular complexity index is 741. The Hall–Kier alpha value is -2.89. The van der Waals surface area contributed by atoms with Gasteiger partial charge in [-0.3, -0.25) is 14.9 Å². The summed E-state index contributed by atoms with van der Waals surface area (Å²) < 4.78 is 6.53. The van der Waals surface area contributed by atoms with Crippen LogP contribution in [0.15, 0.2) is 36.5 Å². The SMILES string of the molecule is Cc1cc(C)cc(C(=O)OCC(=O)NC(=O)c2cccn2C)c1. The van der Waals surface area contributed by atoms with Gasteiger partial charge in [-0.2, -0.15) is 0 Å². The van der Waals surface area contributed by atoms with Gasteiger partial charge in [0.2, 0.25) is 0 Å². The van der Waals surface area contributed by atoms with Crippen LogP contribution in [0.3, 0.4) is 0 Å². The van der Waals surface area contributed by atoms with E-state index in [0.717, 1.165) is 11.1 Å². The predicted molar refractivity (Wildman–Crippen MR) is 84.1 cm³/mol. The van der Waals surface area contributed by atoms with E-state index in [1.165, 1.54) is 0 Å². The first-order valence-corrected chi connectivity index (χ1v) is 7.08. The van der Waals surface area contributed by atoms with E-state index in [2.05, 4.69) is 5.32 Å². The highest BCUT2D eigenvalue weighted by Crippen LogP contribution is 2.10. The largest absolute Gasteiger partial charge is 0.452 e. The minimum atomic E-state index is -0.672.